The minimum absolute atomic E-state index is 0.0621. The molecule has 4 N–H and O–H groups in total. The molecule has 2 aromatic rings. The first-order valence-electron chi connectivity index (χ1n) is 8.73. The molecular weight excluding hydrogens is 359 g/mol. The van der Waals surface area contributed by atoms with Gasteiger partial charge in [0.1, 0.15) is 5.82 Å². The minimum atomic E-state index is -1.49. The average Bonchev–Trinajstić information content (AvgIpc) is 2.94. The Kier molecular flexibility index (Phi) is 5.21. The van der Waals surface area contributed by atoms with Crippen LogP contribution >= 0.6 is 0 Å². The largest absolute Gasteiger partial charge is 0.391 e. The molecule has 0 saturated carbocycles. The standard InChI is InChI=1S/C20H21FN6O/c1-3-24-11-16(9-22)20(18(28)27(2)19(23)26-20)15-6-4-5-13(7-15)14-8-17(21)12-25-10-14/h4-12,22,24H,3H2,1-2H3,(H2,23,26)/b16-11+,22-9?. The molecule has 0 saturated heterocycles. The second-order valence-corrected chi connectivity index (χ2v) is 6.32. The number of halogens is 1. The Bertz CT molecular complexity index is 986. The van der Waals surface area contributed by atoms with E-state index in [4.69, 9.17) is 11.1 Å². The number of benzene rings is 1. The van der Waals surface area contributed by atoms with Crippen LogP contribution in [0, 0.1) is 11.2 Å². The molecule has 8 heteroatoms. The van der Waals surface area contributed by atoms with E-state index in [9.17, 15) is 9.18 Å². The quantitative estimate of drug-likeness (QED) is 0.666. The van der Waals surface area contributed by atoms with Crippen LogP contribution in [-0.2, 0) is 10.3 Å². The molecule has 0 aliphatic carbocycles. The second kappa shape index (κ2) is 7.59. The third kappa shape index (κ3) is 3.13. The zero-order valence-corrected chi connectivity index (χ0v) is 15.6. The van der Waals surface area contributed by atoms with E-state index in [0.717, 1.165) is 12.4 Å². The highest BCUT2D eigenvalue weighted by molar-refractivity contribution is 6.12. The van der Waals surface area contributed by atoms with Gasteiger partial charge in [0.15, 0.2) is 11.5 Å². The first kappa shape index (κ1) is 19.2. The highest BCUT2D eigenvalue weighted by Gasteiger charge is 2.50. The molecule has 2 heterocycles. The fourth-order valence-corrected chi connectivity index (χ4v) is 3.14. The van der Waals surface area contributed by atoms with Gasteiger partial charge in [0.25, 0.3) is 5.91 Å². The third-order valence-electron chi connectivity index (χ3n) is 4.59. The summed E-state index contributed by atoms with van der Waals surface area (Å²) in [5, 5.41) is 10.9. The minimum Gasteiger partial charge on any atom is -0.391 e. The fourth-order valence-electron chi connectivity index (χ4n) is 3.14. The molecule has 0 radical (unpaired) electrons. The number of pyridine rings is 1. The summed E-state index contributed by atoms with van der Waals surface area (Å²) < 4.78 is 13.6. The smallest absolute Gasteiger partial charge is 0.266 e. The summed E-state index contributed by atoms with van der Waals surface area (Å²) in [6.45, 7) is 2.52. The highest BCUT2D eigenvalue weighted by Crippen LogP contribution is 2.39. The lowest BCUT2D eigenvalue weighted by Gasteiger charge is -2.27. The lowest BCUT2D eigenvalue weighted by molar-refractivity contribution is -0.129. The summed E-state index contributed by atoms with van der Waals surface area (Å²) >= 11 is 0. The molecule has 0 fully saturated rings. The van der Waals surface area contributed by atoms with Gasteiger partial charge in [-0.15, -0.1) is 0 Å². The first-order valence-corrected chi connectivity index (χ1v) is 8.73. The number of hydrogen-bond donors (Lipinski definition) is 3. The Morgan fingerprint density at radius 2 is 2.14 bits per heavy atom. The maximum atomic E-state index is 13.6. The van der Waals surface area contributed by atoms with Crippen LogP contribution < -0.4 is 11.1 Å². The van der Waals surface area contributed by atoms with Crippen LogP contribution in [0.2, 0.25) is 0 Å². The third-order valence-corrected chi connectivity index (χ3v) is 4.59. The SMILES string of the molecule is CCN/C=C(\C=N)C1(c2cccc(-c3cncc(F)c3)c2)N=C(N)N(C)C1=O. The van der Waals surface area contributed by atoms with E-state index in [1.807, 2.05) is 6.92 Å². The molecule has 0 bridgehead atoms. The van der Waals surface area contributed by atoms with Gasteiger partial charge in [0, 0.05) is 43.3 Å². The number of nitrogens with two attached hydrogens (primary N) is 1. The van der Waals surface area contributed by atoms with Gasteiger partial charge in [-0.25, -0.2) is 9.38 Å². The zero-order chi connectivity index (χ0) is 20.3. The summed E-state index contributed by atoms with van der Waals surface area (Å²) in [6.07, 6.45) is 5.35. The van der Waals surface area contributed by atoms with Crippen molar-refractivity contribution in [2.75, 3.05) is 13.6 Å². The van der Waals surface area contributed by atoms with Crippen molar-refractivity contribution in [2.24, 2.45) is 10.7 Å². The van der Waals surface area contributed by atoms with Gasteiger partial charge < -0.3 is 16.5 Å². The van der Waals surface area contributed by atoms with Crippen LogP contribution in [-0.4, -0.2) is 41.6 Å². The molecule has 3 rings (SSSR count). The molecule has 1 aliphatic heterocycles. The molecular formula is C20H21FN6O. The molecule has 1 atom stereocenters. The van der Waals surface area contributed by atoms with Crippen LogP contribution in [0.4, 0.5) is 4.39 Å². The van der Waals surface area contributed by atoms with Crippen LogP contribution in [0.15, 0.2) is 59.5 Å². The highest BCUT2D eigenvalue weighted by atomic mass is 19.1. The molecule has 1 unspecified atom stereocenters. The molecule has 0 spiro atoms. The summed E-state index contributed by atoms with van der Waals surface area (Å²) in [7, 11) is 1.54. The monoisotopic (exact) mass is 380 g/mol. The number of aliphatic imine (C=N–C) groups is 1. The first-order chi connectivity index (χ1) is 13.4. The van der Waals surface area contributed by atoms with Crippen LogP contribution in [0.5, 0.6) is 0 Å². The topological polar surface area (TPSA) is 107 Å². The number of nitrogens with zero attached hydrogens (tertiary/aromatic N) is 3. The van der Waals surface area contributed by atoms with E-state index in [-0.39, 0.29) is 11.9 Å². The lowest BCUT2D eigenvalue weighted by atomic mass is 9.82. The molecule has 1 aromatic heterocycles. The maximum absolute atomic E-state index is 13.6. The number of guanidine groups is 1. The average molecular weight is 380 g/mol. The van der Waals surface area contributed by atoms with E-state index < -0.39 is 11.4 Å². The molecule has 1 aliphatic rings. The van der Waals surface area contributed by atoms with E-state index in [2.05, 4.69) is 15.3 Å². The predicted molar refractivity (Wildman–Crippen MR) is 106 cm³/mol. The van der Waals surface area contributed by atoms with Crippen molar-refractivity contribution in [3.8, 4) is 11.1 Å². The molecule has 144 valence electrons. The Balaban J connectivity index is 2.22. The number of carbonyl (C=O) groups excluding carboxylic acids is 1. The Morgan fingerprint density at radius 1 is 1.36 bits per heavy atom. The molecule has 1 aromatic carbocycles. The summed E-state index contributed by atoms with van der Waals surface area (Å²) in [5.41, 5.74) is 6.58. The van der Waals surface area contributed by atoms with Gasteiger partial charge in [-0.1, -0.05) is 18.2 Å². The number of hydrogen-bond acceptors (Lipinski definition) is 6. The molecule has 7 nitrogen and oxygen atoms in total. The normalized spacial score (nSPS) is 19.5. The maximum Gasteiger partial charge on any atom is 0.266 e. The lowest BCUT2D eigenvalue weighted by Crippen LogP contribution is -2.42. The van der Waals surface area contributed by atoms with Gasteiger partial charge in [-0.2, -0.15) is 0 Å². The predicted octanol–water partition coefficient (Wildman–Crippen LogP) is 2.01. The number of aromatic nitrogens is 1. The van der Waals surface area contributed by atoms with Gasteiger partial charge in [-0.05, 0) is 30.2 Å². The van der Waals surface area contributed by atoms with Gasteiger partial charge >= 0.3 is 0 Å². The van der Waals surface area contributed by atoms with Crippen molar-refractivity contribution in [1.82, 2.24) is 15.2 Å². The summed E-state index contributed by atoms with van der Waals surface area (Å²) in [4.78, 5) is 22.8. The fraction of sp³-hybridized carbons (Fsp3) is 0.200. The summed E-state index contributed by atoms with van der Waals surface area (Å²) in [6, 6.07) is 8.40. The van der Waals surface area contributed by atoms with Gasteiger partial charge in [0.05, 0.1) is 6.20 Å². The van der Waals surface area contributed by atoms with Gasteiger partial charge in [0.2, 0.25) is 0 Å². The zero-order valence-electron chi connectivity index (χ0n) is 15.6. The second-order valence-electron chi connectivity index (χ2n) is 6.32. The van der Waals surface area contributed by atoms with Gasteiger partial charge in [-0.3, -0.25) is 14.7 Å². The Hall–Kier alpha value is -3.55. The number of rotatable bonds is 6. The van der Waals surface area contributed by atoms with Crippen molar-refractivity contribution in [1.29, 1.82) is 5.41 Å². The Labute approximate surface area is 162 Å². The van der Waals surface area contributed by atoms with Crippen molar-refractivity contribution in [3.05, 3.63) is 65.9 Å². The van der Waals surface area contributed by atoms with E-state index >= 15 is 0 Å². The van der Waals surface area contributed by atoms with Crippen LogP contribution in [0.3, 0.4) is 0 Å². The van der Waals surface area contributed by atoms with E-state index in [1.54, 1.807) is 36.7 Å². The molecule has 1 amide bonds. The van der Waals surface area contributed by atoms with E-state index in [1.165, 1.54) is 18.0 Å². The van der Waals surface area contributed by atoms with E-state index in [0.29, 0.717) is 28.8 Å². The van der Waals surface area contributed by atoms with Crippen molar-refractivity contribution in [2.45, 2.75) is 12.5 Å². The number of amides is 1. The number of likely N-dealkylation sites (N-methyl/N-ethyl adjacent to an activating group) is 1. The van der Waals surface area contributed by atoms with Crippen molar-refractivity contribution in [3.63, 3.8) is 0 Å². The Morgan fingerprint density at radius 3 is 2.75 bits per heavy atom. The number of carbonyl (C=O) groups is 1. The van der Waals surface area contributed by atoms with Crippen molar-refractivity contribution < 1.29 is 9.18 Å². The van der Waals surface area contributed by atoms with Crippen LogP contribution in [0.25, 0.3) is 11.1 Å². The summed E-state index contributed by atoms with van der Waals surface area (Å²) in [5.74, 6) is -0.761. The van der Waals surface area contributed by atoms with Crippen LogP contribution in [0.1, 0.15) is 12.5 Å². The van der Waals surface area contributed by atoms with Crippen molar-refractivity contribution >= 4 is 18.1 Å². The number of nitrogens with one attached hydrogen (secondary N) is 2. The molecule has 28 heavy (non-hydrogen) atoms.